The number of nitrogens with zero attached hydrogens (tertiary/aromatic N) is 3. The molecule has 0 bridgehead atoms. The van der Waals surface area contributed by atoms with E-state index in [0.29, 0.717) is 21.6 Å². The van der Waals surface area contributed by atoms with Crippen LogP contribution in [0, 0.1) is 0 Å². The molecule has 1 aromatic heterocycles. The third-order valence-corrected chi connectivity index (χ3v) is 4.62. The standard InChI is InChI=1S/C20H21ClN4O2/c1-3-24(4-2)16-8-6-15(7-9-16)23-19(26)12-25-13-22-18-11-14(21)5-10-17(18)20(25)27/h5-11,13H,3-4,12H2,1-2H3,(H,23,26). The van der Waals surface area contributed by atoms with Gasteiger partial charge in [-0.3, -0.25) is 14.2 Å². The fourth-order valence-electron chi connectivity index (χ4n) is 2.94. The number of fused-ring (bicyclic) bond motifs is 1. The molecule has 0 aliphatic carbocycles. The Bertz CT molecular complexity index is 1010. The summed E-state index contributed by atoms with van der Waals surface area (Å²) in [5.41, 5.74) is 2.02. The van der Waals surface area contributed by atoms with Crippen molar-refractivity contribution in [3.05, 3.63) is 64.2 Å². The van der Waals surface area contributed by atoms with Crippen molar-refractivity contribution in [1.82, 2.24) is 9.55 Å². The molecule has 2 aromatic carbocycles. The van der Waals surface area contributed by atoms with Gasteiger partial charge < -0.3 is 10.2 Å². The Kier molecular flexibility index (Phi) is 5.76. The maximum absolute atomic E-state index is 12.5. The lowest BCUT2D eigenvalue weighted by atomic mass is 10.2. The van der Waals surface area contributed by atoms with E-state index in [0.717, 1.165) is 18.8 Å². The lowest BCUT2D eigenvalue weighted by Gasteiger charge is -2.21. The Labute approximate surface area is 162 Å². The largest absolute Gasteiger partial charge is 0.372 e. The maximum atomic E-state index is 12.5. The third-order valence-electron chi connectivity index (χ3n) is 4.38. The van der Waals surface area contributed by atoms with Crippen LogP contribution in [0.15, 0.2) is 53.6 Å². The molecule has 3 aromatic rings. The number of hydrogen-bond acceptors (Lipinski definition) is 4. The van der Waals surface area contributed by atoms with Crippen molar-refractivity contribution in [2.75, 3.05) is 23.3 Å². The molecule has 0 fully saturated rings. The zero-order valence-electron chi connectivity index (χ0n) is 15.3. The van der Waals surface area contributed by atoms with Gasteiger partial charge in [-0.25, -0.2) is 4.98 Å². The zero-order chi connectivity index (χ0) is 19.4. The Hall–Kier alpha value is -2.86. The summed E-state index contributed by atoms with van der Waals surface area (Å²) in [6.45, 7) is 5.93. The molecule has 1 amide bonds. The van der Waals surface area contributed by atoms with Crippen LogP contribution in [-0.2, 0) is 11.3 Å². The van der Waals surface area contributed by atoms with Gasteiger partial charge in [0.2, 0.25) is 5.91 Å². The van der Waals surface area contributed by atoms with Crippen LogP contribution in [0.2, 0.25) is 5.02 Å². The first kappa shape index (κ1) is 18.9. The van der Waals surface area contributed by atoms with Crippen LogP contribution in [0.1, 0.15) is 13.8 Å². The number of carbonyl (C=O) groups excluding carboxylic acids is 1. The Morgan fingerprint density at radius 3 is 2.52 bits per heavy atom. The number of nitrogens with one attached hydrogen (secondary N) is 1. The monoisotopic (exact) mass is 384 g/mol. The Balaban J connectivity index is 1.72. The van der Waals surface area contributed by atoms with Gasteiger partial charge in [-0.05, 0) is 56.3 Å². The quantitative estimate of drug-likeness (QED) is 0.706. The Morgan fingerprint density at radius 1 is 1.15 bits per heavy atom. The molecule has 27 heavy (non-hydrogen) atoms. The number of aromatic nitrogens is 2. The molecular weight excluding hydrogens is 364 g/mol. The van der Waals surface area contributed by atoms with Crippen LogP contribution in [0.25, 0.3) is 10.9 Å². The highest BCUT2D eigenvalue weighted by Crippen LogP contribution is 2.18. The van der Waals surface area contributed by atoms with Gasteiger partial charge >= 0.3 is 0 Å². The van der Waals surface area contributed by atoms with E-state index in [4.69, 9.17) is 11.6 Å². The van der Waals surface area contributed by atoms with Crippen molar-refractivity contribution in [3.63, 3.8) is 0 Å². The number of rotatable bonds is 6. The lowest BCUT2D eigenvalue weighted by molar-refractivity contribution is -0.116. The van der Waals surface area contributed by atoms with Gasteiger partial charge in [0.05, 0.1) is 17.2 Å². The molecule has 1 N–H and O–H groups in total. The van der Waals surface area contributed by atoms with Crippen LogP contribution in [-0.4, -0.2) is 28.5 Å². The predicted molar refractivity (Wildman–Crippen MR) is 110 cm³/mol. The van der Waals surface area contributed by atoms with Crippen molar-refractivity contribution in [1.29, 1.82) is 0 Å². The van der Waals surface area contributed by atoms with Crippen molar-refractivity contribution in [2.24, 2.45) is 0 Å². The van der Waals surface area contributed by atoms with E-state index in [1.807, 2.05) is 24.3 Å². The normalized spacial score (nSPS) is 10.8. The van der Waals surface area contributed by atoms with Gasteiger partial charge in [-0.2, -0.15) is 0 Å². The molecule has 140 valence electrons. The van der Waals surface area contributed by atoms with Crippen LogP contribution < -0.4 is 15.8 Å². The molecule has 0 saturated carbocycles. The number of anilines is 2. The highest BCUT2D eigenvalue weighted by Gasteiger charge is 2.09. The molecule has 0 spiro atoms. The van der Waals surface area contributed by atoms with Crippen LogP contribution in [0.3, 0.4) is 0 Å². The maximum Gasteiger partial charge on any atom is 0.261 e. The first-order valence-corrected chi connectivity index (χ1v) is 9.19. The molecule has 1 heterocycles. The summed E-state index contributed by atoms with van der Waals surface area (Å²) >= 11 is 5.92. The molecule has 7 heteroatoms. The van der Waals surface area contributed by atoms with E-state index in [9.17, 15) is 9.59 Å². The first-order valence-electron chi connectivity index (χ1n) is 8.81. The molecule has 0 unspecified atom stereocenters. The summed E-state index contributed by atoms with van der Waals surface area (Å²) in [6.07, 6.45) is 1.37. The van der Waals surface area contributed by atoms with Gasteiger partial charge in [0.1, 0.15) is 6.54 Å². The van der Waals surface area contributed by atoms with E-state index in [1.165, 1.54) is 10.9 Å². The summed E-state index contributed by atoms with van der Waals surface area (Å²) in [5, 5.41) is 3.75. The van der Waals surface area contributed by atoms with Gasteiger partial charge in [-0.15, -0.1) is 0 Å². The summed E-state index contributed by atoms with van der Waals surface area (Å²) in [6, 6.07) is 12.5. The minimum absolute atomic E-state index is 0.109. The fourth-order valence-corrected chi connectivity index (χ4v) is 3.11. The summed E-state index contributed by atoms with van der Waals surface area (Å²) in [7, 11) is 0. The van der Waals surface area contributed by atoms with Crippen LogP contribution >= 0.6 is 11.6 Å². The number of carbonyl (C=O) groups is 1. The molecular formula is C20H21ClN4O2. The molecule has 0 aliphatic rings. The second-order valence-electron chi connectivity index (χ2n) is 6.11. The minimum atomic E-state index is -0.289. The summed E-state index contributed by atoms with van der Waals surface area (Å²) in [4.78, 5) is 31.3. The van der Waals surface area contributed by atoms with Gasteiger partial charge in [0.25, 0.3) is 5.56 Å². The first-order chi connectivity index (χ1) is 13.0. The predicted octanol–water partition coefficient (Wildman–Crippen LogP) is 3.53. The van der Waals surface area contributed by atoms with Crippen molar-refractivity contribution < 1.29 is 4.79 Å². The highest BCUT2D eigenvalue weighted by atomic mass is 35.5. The number of hydrogen-bond donors (Lipinski definition) is 1. The molecule has 6 nitrogen and oxygen atoms in total. The van der Waals surface area contributed by atoms with E-state index in [1.54, 1.807) is 18.2 Å². The van der Waals surface area contributed by atoms with Crippen LogP contribution in [0.5, 0.6) is 0 Å². The van der Waals surface area contributed by atoms with Gasteiger partial charge in [0.15, 0.2) is 0 Å². The van der Waals surface area contributed by atoms with E-state index < -0.39 is 0 Å². The fraction of sp³-hybridized carbons (Fsp3) is 0.250. The van der Waals surface area contributed by atoms with E-state index in [2.05, 4.69) is 29.0 Å². The minimum Gasteiger partial charge on any atom is -0.372 e. The molecule has 0 radical (unpaired) electrons. The average molecular weight is 385 g/mol. The number of benzene rings is 2. The van der Waals surface area contributed by atoms with Gasteiger partial charge in [0, 0.05) is 29.5 Å². The molecule has 0 aliphatic heterocycles. The van der Waals surface area contributed by atoms with Crippen LogP contribution in [0.4, 0.5) is 11.4 Å². The smallest absolute Gasteiger partial charge is 0.261 e. The third kappa shape index (κ3) is 4.28. The second-order valence-corrected chi connectivity index (χ2v) is 6.54. The molecule has 0 saturated heterocycles. The SMILES string of the molecule is CCN(CC)c1ccc(NC(=O)Cn2cnc3cc(Cl)ccc3c2=O)cc1. The zero-order valence-corrected chi connectivity index (χ0v) is 16.0. The molecule has 0 atom stereocenters. The number of halogens is 1. The van der Waals surface area contributed by atoms with Crippen molar-refractivity contribution >= 4 is 39.8 Å². The topological polar surface area (TPSA) is 67.2 Å². The summed E-state index contributed by atoms with van der Waals surface area (Å²) in [5.74, 6) is -0.289. The number of amides is 1. The van der Waals surface area contributed by atoms with E-state index in [-0.39, 0.29) is 18.0 Å². The second kappa shape index (κ2) is 8.22. The average Bonchev–Trinajstić information content (AvgIpc) is 2.66. The van der Waals surface area contributed by atoms with E-state index >= 15 is 0 Å². The summed E-state index contributed by atoms with van der Waals surface area (Å²) < 4.78 is 1.29. The van der Waals surface area contributed by atoms with Crippen molar-refractivity contribution in [2.45, 2.75) is 20.4 Å². The van der Waals surface area contributed by atoms with Gasteiger partial charge in [-0.1, -0.05) is 11.6 Å². The lowest BCUT2D eigenvalue weighted by Crippen LogP contribution is -2.28. The molecule has 3 rings (SSSR count). The highest BCUT2D eigenvalue weighted by molar-refractivity contribution is 6.31. The Morgan fingerprint density at radius 2 is 1.85 bits per heavy atom. The van der Waals surface area contributed by atoms with Crippen molar-refractivity contribution in [3.8, 4) is 0 Å².